The Morgan fingerprint density at radius 2 is 1.16 bits per heavy atom. The van der Waals surface area contributed by atoms with Gasteiger partial charge in [-0.15, -0.1) is 0 Å². The van der Waals surface area contributed by atoms with E-state index in [-0.39, 0.29) is 6.61 Å². The molecule has 3 aromatic rings. The van der Waals surface area contributed by atoms with Gasteiger partial charge in [0.1, 0.15) is 5.75 Å². The van der Waals surface area contributed by atoms with Crippen molar-refractivity contribution in [3.63, 3.8) is 0 Å². The topological polar surface area (TPSA) is 40.5 Å². The molecule has 0 atom stereocenters. The molecule has 3 rings (SSSR count). The molecule has 128 valence electrons. The molecule has 0 saturated carbocycles. The van der Waals surface area contributed by atoms with Crippen LogP contribution in [0.4, 0.5) is 0 Å². The zero-order valence-corrected chi connectivity index (χ0v) is 14.8. The molecule has 0 bridgehead atoms. The van der Waals surface area contributed by atoms with Gasteiger partial charge in [-0.2, -0.15) is 0 Å². The molecule has 0 radical (unpaired) electrons. The Labute approximate surface area is 149 Å². The lowest BCUT2D eigenvalue weighted by molar-refractivity contribution is 0.288. The van der Waals surface area contributed by atoms with Crippen LogP contribution in [0.3, 0.4) is 0 Å². The van der Waals surface area contributed by atoms with E-state index in [1.54, 1.807) is 0 Å². The van der Waals surface area contributed by atoms with Gasteiger partial charge in [-0.3, -0.25) is 0 Å². The van der Waals surface area contributed by atoms with Gasteiger partial charge in [-0.1, -0.05) is 59.7 Å². The average molecular weight is 332 g/mol. The third-order valence-electron chi connectivity index (χ3n) is 4.52. The Morgan fingerprint density at radius 1 is 0.720 bits per heavy atom. The van der Waals surface area contributed by atoms with E-state index in [0.717, 1.165) is 34.2 Å². The second kappa shape index (κ2) is 7.54. The van der Waals surface area contributed by atoms with Gasteiger partial charge in [0.05, 0.1) is 0 Å². The lowest BCUT2D eigenvalue weighted by Crippen LogP contribution is -1.93. The lowest BCUT2D eigenvalue weighted by Gasteiger charge is -2.14. The van der Waals surface area contributed by atoms with Crippen molar-refractivity contribution >= 4 is 0 Å². The van der Waals surface area contributed by atoms with Crippen molar-refractivity contribution in [3.05, 3.63) is 77.4 Å². The van der Waals surface area contributed by atoms with Crippen LogP contribution in [-0.4, -0.2) is 16.8 Å². The number of benzene rings is 3. The first-order valence-electron chi connectivity index (χ1n) is 8.69. The Kier molecular flexibility index (Phi) is 5.20. The van der Waals surface area contributed by atoms with E-state index in [4.69, 9.17) is 5.11 Å². The van der Waals surface area contributed by atoms with E-state index in [2.05, 4.69) is 38.1 Å². The first-order valence-corrected chi connectivity index (χ1v) is 8.69. The van der Waals surface area contributed by atoms with E-state index in [0.29, 0.717) is 12.2 Å². The van der Waals surface area contributed by atoms with Crippen molar-refractivity contribution in [2.75, 3.05) is 6.61 Å². The van der Waals surface area contributed by atoms with Gasteiger partial charge >= 0.3 is 0 Å². The Bertz CT molecular complexity index is 780. The molecule has 3 aromatic carbocycles. The van der Waals surface area contributed by atoms with Crippen molar-refractivity contribution in [3.8, 4) is 28.0 Å². The number of aryl methyl sites for hydroxylation is 3. The molecule has 0 fully saturated rings. The predicted molar refractivity (Wildman–Crippen MR) is 104 cm³/mol. The summed E-state index contributed by atoms with van der Waals surface area (Å²) < 4.78 is 0. The number of rotatable bonds is 5. The van der Waals surface area contributed by atoms with E-state index in [1.165, 1.54) is 11.1 Å². The zero-order valence-electron chi connectivity index (χ0n) is 14.8. The van der Waals surface area contributed by atoms with Gasteiger partial charge in [0.2, 0.25) is 0 Å². The van der Waals surface area contributed by atoms with Gasteiger partial charge in [0.15, 0.2) is 0 Å². The summed E-state index contributed by atoms with van der Waals surface area (Å²) in [6.45, 7) is 4.28. The summed E-state index contributed by atoms with van der Waals surface area (Å²) in [4.78, 5) is 0. The molecule has 0 unspecified atom stereocenters. The quantitative estimate of drug-likeness (QED) is 0.668. The number of aliphatic hydroxyl groups excluding tert-OH is 1. The number of aromatic hydroxyl groups is 1. The van der Waals surface area contributed by atoms with E-state index < -0.39 is 0 Å². The van der Waals surface area contributed by atoms with E-state index in [9.17, 15) is 5.11 Å². The number of phenolic OH excluding ortho intramolecular Hbond substituents is 1. The molecule has 0 heterocycles. The van der Waals surface area contributed by atoms with Crippen LogP contribution in [-0.2, 0) is 6.42 Å². The summed E-state index contributed by atoms with van der Waals surface area (Å²) in [5.74, 6) is 0.306. The van der Waals surface area contributed by atoms with Crippen LogP contribution in [0, 0.1) is 13.8 Å². The highest BCUT2D eigenvalue weighted by Gasteiger charge is 2.13. The largest absolute Gasteiger partial charge is 0.507 e. The molecule has 25 heavy (non-hydrogen) atoms. The highest BCUT2D eigenvalue weighted by Crippen LogP contribution is 2.39. The van der Waals surface area contributed by atoms with Crippen LogP contribution < -0.4 is 0 Å². The number of phenols is 1. The number of hydrogen-bond acceptors (Lipinski definition) is 2. The summed E-state index contributed by atoms with van der Waals surface area (Å²) in [5.41, 5.74) is 7.19. The molecule has 0 aliphatic rings. The molecule has 2 heteroatoms. The van der Waals surface area contributed by atoms with Crippen molar-refractivity contribution < 1.29 is 10.2 Å². The highest BCUT2D eigenvalue weighted by atomic mass is 16.3. The maximum atomic E-state index is 10.9. The summed E-state index contributed by atoms with van der Waals surface area (Å²) >= 11 is 0. The molecule has 0 aliphatic carbocycles. The minimum atomic E-state index is 0.167. The Morgan fingerprint density at radius 3 is 1.56 bits per heavy atom. The van der Waals surface area contributed by atoms with Gasteiger partial charge in [0.25, 0.3) is 0 Å². The third kappa shape index (κ3) is 3.92. The van der Waals surface area contributed by atoms with Crippen molar-refractivity contribution in [1.29, 1.82) is 0 Å². The average Bonchev–Trinajstić information content (AvgIpc) is 2.62. The fourth-order valence-corrected chi connectivity index (χ4v) is 3.03. The Balaban J connectivity index is 2.14. The summed E-state index contributed by atoms with van der Waals surface area (Å²) in [5, 5.41) is 20.1. The van der Waals surface area contributed by atoms with Crippen molar-refractivity contribution in [2.24, 2.45) is 0 Å². The summed E-state index contributed by atoms with van der Waals surface area (Å²) in [7, 11) is 0. The molecule has 2 N–H and O–H groups in total. The minimum Gasteiger partial charge on any atom is -0.507 e. The first kappa shape index (κ1) is 17.2. The van der Waals surface area contributed by atoms with Crippen LogP contribution >= 0.6 is 0 Å². The molecule has 0 spiro atoms. The highest BCUT2D eigenvalue weighted by molar-refractivity contribution is 5.83. The van der Waals surface area contributed by atoms with Gasteiger partial charge in [-0.05, 0) is 55.5 Å². The third-order valence-corrected chi connectivity index (χ3v) is 4.52. The normalized spacial score (nSPS) is 10.8. The van der Waals surface area contributed by atoms with Crippen LogP contribution in [0.1, 0.15) is 23.1 Å². The van der Waals surface area contributed by atoms with E-state index >= 15 is 0 Å². The summed E-state index contributed by atoms with van der Waals surface area (Å²) in [6.07, 6.45) is 1.50. The SMILES string of the molecule is Cc1ccc(-c2cc(CCCO)cc(-c3ccc(C)cc3)c2O)cc1. The predicted octanol–water partition coefficient (Wildman–Crippen LogP) is 5.27. The second-order valence-corrected chi connectivity index (χ2v) is 6.60. The van der Waals surface area contributed by atoms with Crippen LogP contribution in [0.2, 0.25) is 0 Å². The second-order valence-electron chi connectivity index (χ2n) is 6.60. The van der Waals surface area contributed by atoms with Crippen LogP contribution in [0.15, 0.2) is 60.7 Å². The molecular weight excluding hydrogens is 308 g/mol. The Hall–Kier alpha value is -2.58. The zero-order chi connectivity index (χ0) is 17.8. The summed E-state index contributed by atoms with van der Waals surface area (Å²) in [6, 6.07) is 20.5. The molecule has 0 saturated heterocycles. The molecule has 0 amide bonds. The molecule has 0 aromatic heterocycles. The first-order chi connectivity index (χ1) is 12.1. The maximum absolute atomic E-state index is 10.9. The minimum absolute atomic E-state index is 0.167. The van der Waals surface area contributed by atoms with Gasteiger partial charge < -0.3 is 10.2 Å². The standard InChI is InChI=1S/C23H24O2/c1-16-5-9-19(10-6-16)21-14-18(4-3-13-24)15-22(23(21)25)20-11-7-17(2)8-12-20/h5-12,14-15,24-25H,3-4,13H2,1-2H3. The van der Waals surface area contributed by atoms with Crippen LogP contribution in [0.5, 0.6) is 5.75 Å². The molecular formula is C23H24O2. The van der Waals surface area contributed by atoms with Crippen molar-refractivity contribution in [2.45, 2.75) is 26.7 Å². The van der Waals surface area contributed by atoms with Crippen LogP contribution in [0.25, 0.3) is 22.3 Å². The number of hydrogen-bond donors (Lipinski definition) is 2. The lowest BCUT2D eigenvalue weighted by atomic mass is 9.92. The molecule has 2 nitrogen and oxygen atoms in total. The number of aliphatic hydroxyl groups is 1. The fourth-order valence-electron chi connectivity index (χ4n) is 3.03. The maximum Gasteiger partial charge on any atom is 0.131 e. The van der Waals surface area contributed by atoms with Gasteiger partial charge in [-0.25, -0.2) is 0 Å². The fraction of sp³-hybridized carbons (Fsp3) is 0.217. The smallest absolute Gasteiger partial charge is 0.131 e. The monoisotopic (exact) mass is 332 g/mol. The molecule has 0 aliphatic heterocycles. The van der Waals surface area contributed by atoms with Gasteiger partial charge in [0, 0.05) is 17.7 Å². The van der Waals surface area contributed by atoms with Crippen molar-refractivity contribution in [1.82, 2.24) is 0 Å². The van der Waals surface area contributed by atoms with E-state index in [1.807, 2.05) is 36.4 Å².